The third-order valence-corrected chi connectivity index (χ3v) is 5.81. The largest absolute Gasteiger partial charge is 0.369 e. The molecule has 5 nitrogen and oxygen atoms in total. The summed E-state index contributed by atoms with van der Waals surface area (Å²) in [5.74, 6) is 0.574. The minimum atomic E-state index is -0.450. The van der Waals surface area contributed by atoms with E-state index < -0.39 is 5.82 Å². The molecule has 6 heteroatoms. The van der Waals surface area contributed by atoms with Crippen LogP contribution in [0.25, 0.3) is 0 Å². The van der Waals surface area contributed by atoms with Crippen LogP contribution in [0.3, 0.4) is 0 Å². The predicted molar refractivity (Wildman–Crippen MR) is 104 cm³/mol. The first kappa shape index (κ1) is 19.8. The smallest absolute Gasteiger partial charge is 0.143 e. The molecular formula is C21H29FN4O. The van der Waals surface area contributed by atoms with Crippen LogP contribution in [0.5, 0.6) is 0 Å². The number of anilines is 1. The van der Waals surface area contributed by atoms with Crippen molar-refractivity contribution >= 4 is 11.5 Å². The van der Waals surface area contributed by atoms with Gasteiger partial charge in [-0.05, 0) is 69.9 Å². The fourth-order valence-corrected chi connectivity index (χ4v) is 4.14. The highest BCUT2D eigenvalue weighted by atomic mass is 19.1. The monoisotopic (exact) mass is 372 g/mol. The normalized spacial score (nSPS) is 19.8. The van der Waals surface area contributed by atoms with Gasteiger partial charge in [-0.2, -0.15) is 5.26 Å². The Hall–Kier alpha value is -1.97. The molecule has 2 aliphatic rings. The Kier molecular flexibility index (Phi) is 6.81. The molecule has 0 N–H and O–H groups in total. The Morgan fingerprint density at radius 3 is 2.48 bits per heavy atom. The molecule has 0 radical (unpaired) electrons. The van der Waals surface area contributed by atoms with Crippen LogP contribution >= 0.6 is 0 Å². The maximum atomic E-state index is 13.5. The molecule has 27 heavy (non-hydrogen) atoms. The van der Waals surface area contributed by atoms with Crippen LogP contribution in [0.15, 0.2) is 18.2 Å². The summed E-state index contributed by atoms with van der Waals surface area (Å²) < 4.78 is 13.5. The van der Waals surface area contributed by atoms with Gasteiger partial charge in [-0.1, -0.05) is 0 Å². The zero-order valence-corrected chi connectivity index (χ0v) is 16.2. The number of piperidine rings is 1. The SMILES string of the molecule is CC(=O)CN1CCC(CCN2CCN(c3ccc(F)c(C#N)c3)CC2)CC1. The lowest BCUT2D eigenvalue weighted by Gasteiger charge is -2.37. The van der Waals surface area contributed by atoms with E-state index in [1.54, 1.807) is 19.1 Å². The molecule has 0 aromatic heterocycles. The Balaban J connectivity index is 1.39. The van der Waals surface area contributed by atoms with Crippen molar-refractivity contribution in [2.75, 3.05) is 57.3 Å². The van der Waals surface area contributed by atoms with Gasteiger partial charge in [0.25, 0.3) is 0 Å². The van der Waals surface area contributed by atoms with Crippen molar-refractivity contribution in [3.8, 4) is 6.07 Å². The molecule has 0 unspecified atom stereocenters. The molecule has 0 saturated carbocycles. The third-order valence-electron chi connectivity index (χ3n) is 5.81. The highest BCUT2D eigenvalue weighted by Crippen LogP contribution is 2.23. The number of carbonyl (C=O) groups is 1. The van der Waals surface area contributed by atoms with Crippen LogP contribution in [0.1, 0.15) is 31.7 Å². The highest BCUT2D eigenvalue weighted by molar-refractivity contribution is 5.77. The Labute approximate surface area is 161 Å². The number of halogens is 1. The van der Waals surface area contributed by atoms with E-state index in [9.17, 15) is 9.18 Å². The second-order valence-corrected chi connectivity index (χ2v) is 7.81. The van der Waals surface area contributed by atoms with E-state index in [1.165, 1.54) is 25.3 Å². The molecule has 0 aliphatic carbocycles. The van der Waals surface area contributed by atoms with E-state index in [4.69, 9.17) is 5.26 Å². The van der Waals surface area contributed by atoms with Gasteiger partial charge < -0.3 is 4.90 Å². The number of nitrogens with zero attached hydrogens (tertiary/aromatic N) is 4. The summed E-state index contributed by atoms with van der Waals surface area (Å²) in [5, 5.41) is 9.00. The second kappa shape index (κ2) is 9.29. The fraction of sp³-hybridized carbons (Fsp3) is 0.619. The van der Waals surface area contributed by atoms with Crippen LogP contribution in [-0.2, 0) is 4.79 Å². The quantitative estimate of drug-likeness (QED) is 0.768. The lowest BCUT2D eigenvalue weighted by molar-refractivity contribution is -0.118. The molecule has 3 rings (SSSR count). The number of hydrogen-bond acceptors (Lipinski definition) is 5. The van der Waals surface area contributed by atoms with E-state index in [2.05, 4.69) is 14.7 Å². The maximum absolute atomic E-state index is 13.5. The van der Waals surface area contributed by atoms with E-state index >= 15 is 0 Å². The molecule has 2 aliphatic heterocycles. The highest BCUT2D eigenvalue weighted by Gasteiger charge is 2.22. The van der Waals surface area contributed by atoms with Gasteiger partial charge in [0.05, 0.1) is 12.1 Å². The summed E-state index contributed by atoms with van der Waals surface area (Å²) in [4.78, 5) is 18.2. The minimum Gasteiger partial charge on any atom is -0.369 e. The number of benzene rings is 1. The van der Waals surface area contributed by atoms with Crippen LogP contribution < -0.4 is 4.90 Å². The Morgan fingerprint density at radius 2 is 1.85 bits per heavy atom. The van der Waals surface area contributed by atoms with Gasteiger partial charge in [0.1, 0.15) is 17.7 Å². The standard InChI is InChI=1S/C21H29FN4O/c1-17(27)16-25-8-5-18(6-9-25)4-7-24-10-12-26(13-11-24)20-2-3-21(22)19(14-20)15-23/h2-3,14,18H,4-13,16H2,1H3. The van der Waals surface area contributed by atoms with Crippen LogP contribution in [0.4, 0.5) is 10.1 Å². The van der Waals surface area contributed by atoms with E-state index in [0.29, 0.717) is 6.54 Å². The molecule has 0 spiro atoms. The van der Waals surface area contributed by atoms with Gasteiger partial charge in [-0.25, -0.2) is 4.39 Å². The number of ketones is 1. The van der Waals surface area contributed by atoms with Gasteiger partial charge in [-0.3, -0.25) is 14.6 Å². The number of hydrogen-bond donors (Lipinski definition) is 0. The number of carbonyl (C=O) groups excluding carboxylic acids is 1. The molecule has 146 valence electrons. The average molecular weight is 372 g/mol. The van der Waals surface area contributed by atoms with Crippen molar-refractivity contribution in [3.63, 3.8) is 0 Å². The zero-order valence-electron chi connectivity index (χ0n) is 16.2. The Morgan fingerprint density at radius 1 is 1.15 bits per heavy atom. The summed E-state index contributed by atoms with van der Waals surface area (Å²) in [7, 11) is 0. The van der Waals surface area contributed by atoms with E-state index in [-0.39, 0.29) is 11.3 Å². The van der Waals surface area contributed by atoms with Crippen LogP contribution in [0.2, 0.25) is 0 Å². The van der Waals surface area contributed by atoms with E-state index in [1.807, 2.05) is 6.07 Å². The van der Waals surface area contributed by atoms with Gasteiger partial charge >= 0.3 is 0 Å². The molecule has 2 heterocycles. The van der Waals surface area contributed by atoms with Gasteiger partial charge in [0.15, 0.2) is 0 Å². The van der Waals surface area contributed by atoms with Gasteiger partial charge in [0.2, 0.25) is 0 Å². The molecule has 2 saturated heterocycles. The first-order chi connectivity index (χ1) is 13.0. The molecule has 2 fully saturated rings. The summed E-state index contributed by atoms with van der Waals surface area (Å²) in [6, 6.07) is 6.72. The van der Waals surface area contributed by atoms with Gasteiger partial charge in [0, 0.05) is 31.9 Å². The van der Waals surface area contributed by atoms with E-state index in [0.717, 1.165) is 57.4 Å². The van der Waals surface area contributed by atoms with Crippen molar-refractivity contribution in [3.05, 3.63) is 29.6 Å². The summed E-state index contributed by atoms with van der Waals surface area (Å²) in [5.41, 5.74) is 1.05. The van der Waals surface area contributed by atoms with Gasteiger partial charge in [-0.15, -0.1) is 0 Å². The molecule has 0 bridgehead atoms. The van der Waals surface area contributed by atoms with Crippen molar-refractivity contribution in [2.45, 2.75) is 26.2 Å². The minimum absolute atomic E-state index is 0.117. The third kappa shape index (κ3) is 5.50. The summed E-state index contributed by atoms with van der Waals surface area (Å²) in [6.45, 7) is 9.31. The van der Waals surface area contributed by atoms with Crippen molar-refractivity contribution in [2.24, 2.45) is 5.92 Å². The first-order valence-electron chi connectivity index (χ1n) is 9.94. The summed E-state index contributed by atoms with van der Waals surface area (Å²) in [6.07, 6.45) is 3.61. The van der Waals surface area contributed by atoms with Crippen molar-refractivity contribution < 1.29 is 9.18 Å². The van der Waals surface area contributed by atoms with Crippen molar-refractivity contribution in [1.82, 2.24) is 9.80 Å². The number of nitriles is 1. The lowest BCUT2D eigenvalue weighted by atomic mass is 9.93. The molecular weight excluding hydrogens is 343 g/mol. The average Bonchev–Trinajstić information content (AvgIpc) is 2.68. The number of rotatable bonds is 6. The first-order valence-corrected chi connectivity index (χ1v) is 9.94. The fourth-order valence-electron chi connectivity index (χ4n) is 4.14. The molecule has 1 aromatic rings. The topological polar surface area (TPSA) is 50.6 Å². The molecule has 0 atom stereocenters. The lowest BCUT2D eigenvalue weighted by Crippen LogP contribution is -2.47. The zero-order chi connectivity index (χ0) is 19.2. The van der Waals surface area contributed by atoms with Crippen LogP contribution in [-0.4, -0.2) is 67.9 Å². The molecule has 1 aromatic carbocycles. The maximum Gasteiger partial charge on any atom is 0.143 e. The number of likely N-dealkylation sites (tertiary alicyclic amines) is 1. The second-order valence-electron chi connectivity index (χ2n) is 7.81. The summed E-state index contributed by atoms with van der Waals surface area (Å²) >= 11 is 0. The van der Waals surface area contributed by atoms with Crippen molar-refractivity contribution in [1.29, 1.82) is 5.26 Å². The number of Topliss-reactive ketones (excluding diaryl/α,β-unsaturated/α-hetero) is 1. The number of piperazine rings is 1. The Bertz CT molecular complexity index is 686. The van der Waals surface area contributed by atoms with Crippen LogP contribution in [0, 0.1) is 23.1 Å². The predicted octanol–water partition coefficient (Wildman–Crippen LogP) is 2.51. The molecule has 0 amide bonds.